The maximum Gasteiger partial charge on any atom is 0.303 e. The number of nitrogens with one attached hydrogen (secondary N) is 1. The SMILES string of the molecule is O=[N+]([O-])c1ccsc1NCC1CN2CCCC2CO1. The van der Waals surface area contributed by atoms with Crippen molar-refractivity contribution >= 4 is 22.0 Å². The molecule has 2 unspecified atom stereocenters. The van der Waals surface area contributed by atoms with Gasteiger partial charge in [0, 0.05) is 25.2 Å². The number of nitro groups is 1. The fourth-order valence-corrected chi connectivity index (χ4v) is 3.56. The molecule has 0 aliphatic carbocycles. The molecule has 0 aromatic carbocycles. The lowest BCUT2D eigenvalue weighted by Crippen LogP contribution is -2.48. The predicted octanol–water partition coefficient (Wildman–Crippen LogP) is 1.93. The molecule has 3 heterocycles. The molecule has 104 valence electrons. The molecule has 3 rings (SSSR count). The highest BCUT2D eigenvalue weighted by Gasteiger charge is 2.32. The molecule has 2 aliphatic heterocycles. The molecule has 0 spiro atoms. The van der Waals surface area contributed by atoms with E-state index in [-0.39, 0.29) is 16.7 Å². The first-order valence-corrected chi connectivity index (χ1v) is 7.43. The van der Waals surface area contributed by atoms with E-state index < -0.39 is 0 Å². The Bertz CT molecular complexity index is 465. The summed E-state index contributed by atoms with van der Waals surface area (Å²) in [4.78, 5) is 12.9. The van der Waals surface area contributed by atoms with Gasteiger partial charge in [-0.3, -0.25) is 15.0 Å². The second-order valence-corrected chi connectivity index (χ2v) is 5.94. The van der Waals surface area contributed by atoms with E-state index in [9.17, 15) is 10.1 Å². The van der Waals surface area contributed by atoms with Crippen LogP contribution in [0.2, 0.25) is 0 Å². The van der Waals surface area contributed by atoms with E-state index in [2.05, 4.69) is 10.2 Å². The molecule has 19 heavy (non-hydrogen) atoms. The van der Waals surface area contributed by atoms with Crippen LogP contribution in [0.4, 0.5) is 10.7 Å². The van der Waals surface area contributed by atoms with Gasteiger partial charge in [-0.25, -0.2) is 0 Å². The minimum atomic E-state index is -0.350. The Hall–Kier alpha value is -1.18. The Labute approximate surface area is 115 Å². The van der Waals surface area contributed by atoms with Gasteiger partial charge in [0.2, 0.25) is 0 Å². The van der Waals surface area contributed by atoms with Crippen LogP contribution < -0.4 is 5.32 Å². The molecule has 0 saturated carbocycles. The standard InChI is InChI=1S/C12H17N3O3S/c16-15(17)11-3-5-19-12(11)13-6-10-7-14-4-1-2-9(14)8-18-10/h3,5,9-10,13H,1-2,4,6-8H2. The maximum atomic E-state index is 10.8. The van der Waals surface area contributed by atoms with Crippen molar-refractivity contribution in [1.82, 2.24) is 4.90 Å². The van der Waals surface area contributed by atoms with Gasteiger partial charge in [-0.05, 0) is 24.8 Å². The van der Waals surface area contributed by atoms with Crippen LogP contribution in [-0.4, -0.2) is 48.2 Å². The highest BCUT2D eigenvalue weighted by Crippen LogP contribution is 2.30. The van der Waals surface area contributed by atoms with Crippen LogP contribution in [-0.2, 0) is 4.74 Å². The van der Waals surface area contributed by atoms with E-state index in [1.807, 2.05) is 0 Å². The molecule has 1 N–H and O–H groups in total. The first-order valence-electron chi connectivity index (χ1n) is 6.55. The number of fused-ring (bicyclic) bond motifs is 1. The molecule has 2 atom stereocenters. The van der Waals surface area contributed by atoms with Crippen molar-refractivity contribution in [2.45, 2.75) is 25.0 Å². The predicted molar refractivity (Wildman–Crippen MR) is 73.8 cm³/mol. The van der Waals surface area contributed by atoms with Gasteiger partial charge in [-0.15, -0.1) is 11.3 Å². The lowest BCUT2D eigenvalue weighted by Gasteiger charge is -2.35. The number of rotatable bonds is 4. The summed E-state index contributed by atoms with van der Waals surface area (Å²) < 4.78 is 5.82. The summed E-state index contributed by atoms with van der Waals surface area (Å²) in [5.41, 5.74) is 0.153. The van der Waals surface area contributed by atoms with E-state index >= 15 is 0 Å². The smallest absolute Gasteiger partial charge is 0.303 e. The summed E-state index contributed by atoms with van der Waals surface area (Å²) in [6.45, 7) is 3.50. The lowest BCUT2D eigenvalue weighted by atomic mass is 10.2. The third kappa shape index (κ3) is 2.72. The molecule has 1 aromatic rings. The van der Waals surface area contributed by atoms with Crippen molar-refractivity contribution in [3.05, 3.63) is 21.6 Å². The van der Waals surface area contributed by atoms with Gasteiger partial charge in [0.15, 0.2) is 5.00 Å². The third-order valence-corrected chi connectivity index (χ3v) is 4.65. The van der Waals surface area contributed by atoms with Gasteiger partial charge in [0.1, 0.15) is 0 Å². The largest absolute Gasteiger partial charge is 0.373 e. The Balaban J connectivity index is 1.55. The van der Waals surface area contributed by atoms with Gasteiger partial charge >= 0.3 is 5.69 Å². The quantitative estimate of drug-likeness (QED) is 0.675. The number of ether oxygens (including phenoxy) is 1. The number of morpholine rings is 1. The Morgan fingerprint density at radius 2 is 2.53 bits per heavy atom. The molecule has 2 saturated heterocycles. The number of anilines is 1. The fraction of sp³-hybridized carbons (Fsp3) is 0.667. The van der Waals surface area contributed by atoms with Gasteiger partial charge in [0.05, 0.1) is 17.6 Å². The maximum absolute atomic E-state index is 10.8. The molecule has 6 nitrogen and oxygen atoms in total. The average molecular weight is 283 g/mol. The number of hydrogen-bond acceptors (Lipinski definition) is 6. The number of thiophene rings is 1. The molecule has 2 aliphatic rings. The van der Waals surface area contributed by atoms with Crippen molar-refractivity contribution in [1.29, 1.82) is 0 Å². The zero-order valence-corrected chi connectivity index (χ0v) is 11.4. The molecule has 2 fully saturated rings. The normalized spacial score (nSPS) is 27.2. The Morgan fingerprint density at radius 1 is 1.63 bits per heavy atom. The summed E-state index contributed by atoms with van der Waals surface area (Å²) >= 11 is 1.36. The highest BCUT2D eigenvalue weighted by molar-refractivity contribution is 7.14. The topological polar surface area (TPSA) is 67.6 Å². The van der Waals surface area contributed by atoms with Crippen LogP contribution >= 0.6 is 11.3 Å². The molecular weight excluding hydrogens is 266 g/mol. The zero-order valence-electron chi connectivity index (χ0n) is 10.6. The average Bonchev–Trinajstić information content (AvgIpc) is 3.04. The van der Waals surface area contributed by atoms with Crippen molar-refractivity contribution < 1.29 is 9.66 Å². The first kappa shape index (κ1) is 12.8. The number of nitrogens with zero attached hydrogens (tertiary/aromatic N) is 2. The molecule has 7 heteroatoms. The molecule has 0 radical (unpaired) electrons. The molecule has 0 bridgehead atoms. The Kier molecular flexibility index (Phi) is 3.67. The monoisotopic (exact) mass is 283 g/mol. The molecule has 1 aromatic heterocycles. The fourth-order valence-electron chi connectivity index (χ4n) is 2.79. The highest BCUT2D eigenvalue weighted by atomic mass is 32.1. The van der Waals surface area contributed by atoms with Crippen LogP contribution in [0.3, 0.4) is 0 Å². The van der Waals surface area contributed by atoms with E-state index in [1.54, 1.807) is 5.38 Å². The van der Waals surface area contributed by atoms with E-state index in [0.29, 0.717) is 17.6 Å². The van der Waals surface area contributed by atoms with Gasteiger partial charge in [0.25, 0.3) is 0 Å². The van der Waals surface area contributed by atoms with Crippen molar-refractivity contribution in [3.63, 3.8) is 0 Å². The second-order valence-electron chi connectivity index (χ2n) is 5.02. The van der Waals surface area contributed by atoms with Crippen molar-refractivity contribution in [3.8, 4) is 0 Å². The lowest BCUT2D eigenvalue weighted by molar-refractivity contribution is -0.383. The van der Waals surface area contributed by atoms with Crippen LogP contribution in [0, 0.1) is 10.1 Å². The van der Waals surface area contributed by atoms with Crippen LogP contribution in [0.15, 0.2) is 11.4 Å². The summed E-state index contributed by atoms with van der Waals surface area (Å²) in [6, 6.07) is 2.12. The van der Waals surface area contributed by atoms with E-state index in [1.165, 1.54) is 30.2 Å². The summed E-state index contributed by atoms with van der Waals surface area (Å²) in [7, 11) is 0. The summed E-state index contributed by atoms with van der Waals surface area (Å²) in [5.74, 6) is 0. The van der Waals surface area contributed by atoms with Crippen molar-refractivity contribution in [2.75, 3.05) is 31.6 Å². The molecule has 0 amide bonds. The second kappa shape index (κ2) is 5.44. The minimum absolute atomic E-state index is 0.121. The van der Waals surface area contributed by atoms with Crippen LogP contribution in [0.5, 0.6) is 0 Å². The third-order valence-electron chi connectivity index (χ3n) is 3.79. The zero-order chi connectivity index (χ0) is 13.2. The number of hydrogen-bond donors (Lipinski definition) is 1. The summed E-state index contributed by atoms with van der Waals surface area (Å²) in [6.07, 6.45) is 2.61. The van der Waals surface area contributed by atoms with Gasteiger partial charge in [-0.2, -0.15) is 0 Å². The van der Waals surface area contributed by atoms with E-state index in [0.717, 1.165) is 19.7 Å². The van der Waals surface area contributed by atoms with Crippen LogP contribution in [0.25, 0.3) is 0 Å². The Morgan fingerprint density at radius 3 is 3.37 bits per heavy atom. The first-order chi connectivity index (χ1) is 9.24. The van der Waals surface area contributed by atoms with Gasteiger partial charge in [-0.1, -0.05) is 0 Å². The van der Waals surface area contributed by atoms with Crippen molar-refractivity contribution in [2.24, 2.45) is 0 Å². The summed E-state index contributed by atoms with van der Waals surface area (Å²) in [5, 5.41) is 16.3. The van der Waals surface area contributed by atoms with E-state index in [4.69, 9.17) is 4.74 Å². The van der Waals surface area contributed by atoms with Crippen LogP contribution in [0.1, 0.15) is 12.8 Å². The molecular formula is C12H17N3O3S. The minimum Gasteiger partial charge on any atom is -0.373 e. The van der Waals surface area contributed by atoms with Gasteiger partial charge < -0.3 is 10.1 Å².